The first-order chi connectivity index (χ1) is 26.8. The van der Waals surface area contributed by atoms with Gasteiger partial charge in [-0.1, -0.05) is 182 Å². The second-order valence-electron chi connectivity index (χ2n) is 15.4. The minimum Gasteiger partial charge on any atom is -0.405 e. The molecule has 57 heavy (non-hydrogen) atoms. The molecule has 0 amide bonds. The molecule has 2 aliphatic heterocycles. The molecular formula is C48H54B2O4P2Pt. The number of rotatable bonds is 6. The van der Waals surface area contributed by atoms with Crippen LogP contribution in [0.1, 0.15) is 55.4 Å². The van der Waals surface area contributed by atoms with Crippen molar-refractivity contribution in [2.45, 2.75) is 77.8 Å². The van der Waals surface area contributed by atoms with Gasteiger partial charge in [0, 0.05) is 21.1 Å². The largest absolute Gasteiger partial charge is 0.488 e. The molecule has 0 aliphatic carbocycles. The summed E-state index contributed by atoms with van der Waals surface area (Å²) in [4.78, 5) is 0. The summed E-state index contributed by atoms with van der Waals surface area (Å²) in [5.74, 6) is 0. The van der Waals surface area contributed by atoms with Crippen molar-refractivity contribution >= 4 is 63.0 Å². The van der Waals surface area contributed by atoms with Crippen LogP contribution in [-0.4, -0.2) is 37.8 Å². The van der Waals surface area contributed by atoms with E-state index in [1.807, 2.05) is 55.4 Å². The fraction of sp³-hybridized carbons (Fsp3) is 0.250. The van der Waals surface area contributed by atoms with Gasteiger partial charge >= 0.3 is 15.4 Å². The van der Waals surface area contributed by atoms with Crippen molar-refractivity contribution in [1.29, 1.82) is 0 Å². The molecule has 6 aromatic carbocycles. The molecule has 8 rings (SSSR count). The molecule has 4 nitrogen and oxygen atoms in total. The molecule has 2 saturated heterocycles. The van der Waals surface area contributed by atoms with Crippen LogP contribution in [0.15, 0.2) is 182 Å². The number of hydrogen-bond acceptors (Lipinski definition) is 4. The molecule has 0 saturated carbocycles. The summed E-state index contributed by atoms with van der Waals surface area (Å²) in [6, 6.07) is 64.7. The zero-order chi connectivity index (χ0) is 40.1. The summed E-state index contributed by atoms with van der Waals surface area (Å²) in [5, 5.41) is 8.39. The third-order valence-electron chi connectivity index (χ3n) is 10.4. The molecule has 0 bridgehead atoms. The van der Waals surface area contributed by atoms with Gasteiger partial charge in [0.1, 0.15) is 0 Å². The maximum absolute atomic E-state index is 5.21. The molecule has 2 heterocycles. The summed E-state index contributed by atoms with van der Waals surface area (Å²) in [5.41, 5.74) is -0.750. The average Bonchev–Trinajstić information content (AvgIpc) is 3.62. The van der Waals surface area contributed by atoms with E-state index < -0.39 is 15.8 Å². The van der Waals surface area contributed by atoms with Crippen LogP contribution in [0.5, 0.6) is 0 Å². The Balaban J connectivity index is 0.000000178. The Labute approximate surface area is 360 Å². The second-order valence-corrected chi connectivity index (χ2v) is 19.8. The van der Waals surface area contributed by atoms with Crippen LogP contribution in [0.3, 0.4) is 0 Å². The van der Waals surface area contributed by atoms with Gasteiger partial charge in [-0.3, -0.25) is 0 Å². The van der Waals surface area contributed by atoms with Crippen molar-refractivity contribution in [3.8, 4) is 0 Å². The molecule has 0 unspecified atom stereocenters. The molecular weight excluding hydrogens is 919 g/mol. The maximum Gasteiger partial charge on any atom is 0.488 e. The van der Waals surface area contributed by atoms with Crippen LogP contribution < -0.4 is 31.8 Å². The maximum atomic E-state index is 5.21. The molecule has 0 aromatic heterocycles. The Bertz CT molecular complexity index is 1640. The van der Waals surface area contributed by atoms with Crippen LogP contribution in [0.2, 0.25) is 0 Å². The summed E-state index contributed by atoms with van der Waals surface area (Å²) >= 11 is 0. The summed E-state index contributed by atoms with van der Waals surface area (Å²) in [7, 11) is 1.94. The van der Waals surface area contributed by atoms with Crippen molar-refractivity contribution in [2.24, 2.45) is 0 Å². The Morgan fingerprint density at radius 2 is 0.421 bits per heavy atom. The molecule has 296 valence electrons. The SMILES string of the molecule is CC1(C)O[B]OC1(C)C.CC1(C)O[B]OC1(C)C.[Pt].c1ccc(P(c2ccccc2)c2ccccc2)cc1.c1ccc(P(c2ccccc2)c2ccccc2)cc1. The van der Waals surface area contributed by atoms with Crippen LogP contribution in [0, 0.1) is 0 Å². The molecule has 2 fully saturated rings. The van der Waals surface area contributed by atoms with E-state index in [4.69, 9.17) is 18.6 Å². The standard InChI is InChI=1S/2C18H15P.2C6H12BO2.Pt/c2*1-4-10-16(11-5-1)19(17-12-6-2-7-13-17)18-14-8-3-9-15-18;2*1-5(2)6(3,4)9-7-8-5;/h2*1-15H;2*1-4H3;. The van der Waals surface area contributed by atoms with Crippen LogP contribution in [0.25, 0.3) is 0 Å². The van der Waals surface area contributed by atoms with Crippen LogP contribution >= 0.6 is 15.8 Å². The zero-order valence-electron chi connectivity index (χ0n) is 34.3. The van der Waals surface area contributed by atoms with E-state index in [1.165, 1.54) is 47.2 Å². The molecule has 6 aromatic rings. The monoisotopic (exact) mass is 973 g/mol. The van der Waals surface area contributed by atoms with E-state index in [0.717, 1.165) is 0 Å². The zero-order valence-corrected chi connectivity index (χ0v) is 38.4. The van der Waals surface area contributed by atoms with Gasteiger partial charge in [0.05, 0.1) is 22.4 Å². The first kappa shape index (κ1) is 46.5. The van der Waals surface area contributed by atoms with Gasteiger partial charge in [-0.15, -0.1) is 0 Å². The summed E-state index contributed by atoms with van der Waals surface area (Å²) in [6.07, 6.45) is 0. The van der Waals surface area contributed by atoms with Gasteiger partial charge in [-0.25, -0.2) is 0 Å². The Morgan fingerprint density at radius 1 is 0.281 bits per heavy atom. The van der Waals surface area contributed by atoms with E-state index in [0.29, 0.717) is 0 Å². The first-order valence-corrected chi connectivity index (χ1v) is 21.7. The predicted molar refractivity (Wildman–Crippen MR) is 242 cm³/mol. The topological polar surface area (TPSA) is 36.9 Å². The molecule has 9 heteroatoms. The predicted octanol–water partition coefficient (Wildman–Crippen LogP) is 9.14. The van der Waals surface area contributed by atoms with E-state index in [-0.39, 0.29) is 43.5 Å². The van der Waals surface area contributed by atoms with Gasteiger partial charge < -0.3 is 18.6 Å². The molecule has 2 aliphatic rings. The van der Waals surface area contributed by atoms with Gasteiger partial charge in [-0.2, -0.15) is 0 Å². The normalized spacial score (nSPS) is 16.5. The van der Waals surface area contributed by atoms with Gasteiger partial charge in [0.25, 0.3) is 0 Å². The minimum absolute atomic E-state index is 0. The quantitative estimate of drug-likeness (QED) is 0.123. The number of benzene rings is 6. The van der Waals surface area contributed by atoms with Crippen LogP contribution in [0.4, 0.5) is 0 Å². The van der Waals surface area contributed by atoms with Crippen molar-refractivity contribution in [2.75, 3.05) is 0 Å². The third-order valence-corrected chi connectivity index (χ3v) is 15.2. The van der Waals surface area contributed by atoms with E-state index in [9.17, 15) is 0 Å². The fourth-order valence-corrected chi connectivity index (χ4v) is 10.1. The van der Waals surface area contributed by atoms with Crippen molar-refractivity contribution < 1.29 is 39.7 Å². The Hall–Kier alpha value is -3.16. The van der Waals surface area contributed by atoms with Gasteiger partial charge in [0.15, 0.2) is 0 Å². The number of hydrogen-bond donors (Lipinski definition) is 0. The molecule has 0 spiro atoms. The van der Waals surface area contributed by atoms with Crippen molar-refractivity contribution in [3.63, 3.8) is 0 Å². The van der Waals surface area contributed by atoms with Crippen molar-refractivity contribution in [3.05, 3.63) is 182 Å². The van der Waals surface area contributed by atoms with Crippen LogP contribution in [-0.2, 0) is 39.7 Å². The Morgan fingerprint density at radius 3 is 0.526 bits per heavy atom. The van der Waals surface area contributed by atoms with E-state index in [2.05, 4.69) is 182 Å². The third kappa shape index (κ3) is 12.9. The van der Waals surface area contributed by atoms with E-state index >= 15 is 0 Å². The fourth-order valence-electron chi connectivity index (χ4n) is 5.45. The van der Waals surface area contributed by atoms with Crippen molar-refractivity contribution in [1.82, 2.24) is 0 Å². The Kier molecular flexibility index (Phi) is 17.7. The van der Waals surface area contributed by atoms with Gasteiger partial charge in [0.2, 0.25) is 0 Å². The minimum atomic E-state index is -0.446. The molecule has 0 N–H and O–H groups in total. The average molecular weight is 974 g/mol. The smallest absolute Gasteiger partial charge is 0.405 e. The molecule has 2 radical (unpaired) electrons. The summed E-state index contributed by atoms with van der Waals surface area (Å²) < 4.78 is 20.8. The first-order valence-electron chi connectivity index (χ1n) is 19.1. The second kappa shape index (κ2) is 21.7. The van der Waals surface area contributed by atoms with E-state index in [1.54, 1.807) is 0 Å². The molecule has 0 atom stereocenters. The summed E-state index contributed by atoms with van der Waals surface area (Å²) in [6.45, 7) is 16.1. The van der Waals surface area contributed by atoms with Gasteiger partial charge in [-0.05, 0) is 103 Å².